The van der Waals surface area contributed by atoms with E-state index in [-0.39, 0.29) is 17.6 Å². The van der Waals surface area contributed by atoms with Crippen LogP contribution in [0.15, 0.2) is 54.6 Å². The minimum absolute atomic E-state index is 0.201. The SMILES string of the molecule is CNC(=O)c1cccc(NC(=O)c2ccc(-c3ccc(F)cc3)s2)c1C. The molecule has 2 N–H and O–H groups in total. The zero-order valence-electron chi connectivity index (χ0n) is 14.3. The van der Waals surface area contributed by atoms with E-state index in [1.807, 2.05) is 6.07 Å². The number of carbonyl (C=O) groups excluding carboxylic acids is 2. The number of nitrogens with one attached hydrogen (secondary N) is 2. The smallest absolute Gasteiger partial charge is 0.265 e. The molecule has 6 heteroatoms. The molecule has 3 rings (SSSR count). The number of benzene rings is 2. The van der Waals surface area contributed by atoms with Gasteiger partial charge in [0, 0.05) is 23.2 Å². The zero-order chi connectivity index (χ0) is 18.7. The number of rotatable bonds is 4. The molecule has 0 saturated heterocycles. The van der Waals surface area contributed by atoms with Crippen molar-refractivity contribution < 1.29 is 14.0 Å². The third-order valence-electron chi connectivity index (χ3n) is 4.01. The Morgan fingerprint density at radius 1 is 0.962 bits per heavy atom. The highest BCUT2D eigenvalue weighted by atomic mass is 32.1. The summed E-state index contributed by atoms with van der Waals surface area (Å²) < 4.78 is 13.0. The second kappa shape index (κ2) is 7.49. The van der Waals surface area contributed by atoms with Gasteiger partial charge in [0.05, 0.1) is 4.88 Å². The summed E-state index contributed by atoms with van der Waals surface area (Å²) in [6.45, 7) is 1.79. The predicted octanol–water partition coefficient (Wildman–Crippen LogP) is 4.47. The van der Waals surface area contributed by atoms with E-state index < -0.39 is 0 Å². The number of carbonyl (C=O) groups is 2. The quantitative estimate of drug-likeness (QED) is 0.714. The average molecular weight is 368 g/mol. The Hall–Kier alpha value is -2.99. The fourth-order valence-electron chi connectivity index (χ4n) is 2.56. The number of thiophene rings is 1. The van der Waals surface area contributed by atoms with E-state index in [1.165, 1.54) is 23.5 Å². The molecule has 0 atom stereocenters. The first-order valence-corrected chi connectivity index (χ1v) is 8.80. The van der Waals surface area contributed by atoms with Crippen molar-refractivity contribution in [3.8, 4) is 10.4 Å². The molecule has 1 heterocycles. The lowest BCUT2D eigenvalue weighted by molar-refractivity contribution is 0.0961. The van der Waals surface area contributed by atoms with E-state index in [2.05, 4.69) is 10.6 Å². The van der Waals surface area contributed by atoms with E-state index in [9.17, 15) is 14.0 Å². The minimum Gasteiger partial charge on any atom is -0.355 e. The molecule has 0 radical (unpaired) electrons. The average Bonchev–Trinajstić information content (AvgIpc) is 3.13. The van der Waals surface area contributed by atoms with E-state index in [4.69, 9.17) is 0 Å². The lowest BCUT2D eigenvalue weighted by Gasteiger charge is -2.11. The third kappa shape index (κ3) is 3.65. The maximum absolute atomic E-state index is 13.0. The highest BCUT2D eigenvalue weighted by molar-refractivity contribution is 7.17. The second-order valence-electron chi connectivity index (χ2n) is 5.68. The maximum Gasteiger partial charge on any atom is 0.265 e. The van der Waals surface area contributed by atoms with E-state index in [0.29, 0.717) is 21.7 Å². The number of anilines is 1. The van der Waals surface area contributed by atoms with Crippen LogP contribution in [0.25, 0.3) is 10.4 Å². The number of hydrogen-bond donors (Lipinski definition) is 2. The van der Waals surface area contributed by atoms with Gasteiger partial charge >= 0.3 is 0 Å². The van der Waals surface area contributed by atoms with Crippen molar-refractivity contribution in [2.45, 2.75) is 6.92 Å². The van der Waals surface area contributed by atoms with Gasteiger partial charge in [-0.15, -0.1) is 11.3 Å². The van der Waals surface area contributed by atoms with Crippen molar-refractivity contribution in [1.29, 1.82) is 0 Å². The molecular formula is C20H17FN2O2S. The molecule has 2 aromatic carbocycles. The number of amides is 2. The summed E-state index contributed by atoms with van der Waals surface area (Å²) in [5, 5.41) is 5.43. The first-order valence-electron chi connectivity index (χ1n) is 7.98. The molecule has 0 bridgehead atoms. The van der Waals surface area contributed by atoms with Crippen LogP contribution in [-0.4, -0.2) is 18.9 Å². The van der Waals surface area contributed by atoms with Gasteiger partial charge in [-0.1, -0.05) is 18.2 Å². The van der Waals surface area contributed by atoms with Gasteiger partial charge < -0.3 is 10.6 Å². The Balaban J connectivity index is 1.81. The molecule has 0 aliphatic heterocycles. The first kappa shape index (κ1) is 17.8. The highest BCUT2D eigenvalue weighted by Gasteiger charge is 2.15. The predicted molar refractivity (Wildman–Crippen MR) is 102 cm³/mol. The molecule has 132 valence electrons. The van der Waals surface area contributed by atoms with Crippen molar-refractivity contribution >= 4 is 28.8 Å². The van der Waals surface area contributed by atoms with Crippen molar-refractivity contribution in [1.82, 2.24) is 5.32 Å². The Kier molecular flexibility index (Phi) is 5.14. The highest BCUT2D eigenvalue weighted by Crippen LogP contribution is 2.29. The molecule has 2 amide bonds. The second-order valence-corrected chi connectivity index (χ2v) is 6.77. The fourth-order valence-corrected chi connectivity index (χ4v) is 3.47. The van der Waals surface area contributed by atoms with Crippen LogP contribution in [-0.2, 0) is 0 Å². The Labute approximate surface area is 154 Å². The molecule has 0 aliphatic carbocycles. The van der Waals surface area contributed by atoms with E-state index in [0.717, 1.165) is 10.4 Å². The van der Waals surface area contributed by atoms with Crippen LogP contribution in [0.1, 0.15) is 25.6 Å². The van der Waals surface area contributed by atoms with Gasteiger partial charge in [-0.25, -0.2) is 4.39 Å². The zero-order valence-corrected chi connectivity index (χ0v) is 15.1. The van der Waals surface area contributed by atoms with Gasteiger partial charge in [-0.3, -0.25) is 9.59 Å². The Morgan fingerprint density at radius 2 is 1.69 bits per heavy atom. The lowest BCUT2D eigenvalue weighted by Crippen LogP contribution is -2.20. The van der Waals surface area contributed by atoms with Crippen LogP contribution < -0.4 is 10.6 Å². The molecule has 0 saturated carbocycles. The molecule has 1 aromatic heterocycles. The summed E-state index contributed by atoms with van der Waals surface area (Å²) in [6.07, 6.45) is 0. The summed E-state index contributed by atoms with van der Waals surface area (Å²) in [5.41, 5.74) is 2.67. The molecule has 0 fully saturated rings. The topological polar surface area (TPSA) is 58.2 Å². The lowest BCUT2D eigenvalue weighted by atomic mass is 10.1. The normalized spacial score (nSPS) is 10.4. The largest absolute Gasteiger partial charge is 0.355 e. The Bertz CT molecular complexity index is 964. The summed E-state index contributed by atoms with van der Waals surface area (Å²) >= 11 is 1.33. The maximum atomic E-state index is 13.0. The van der Waals surface area contributed by atoms with Gasteiger partial charge in [0.25, 0.3) is 11.8 Å². The van der Waals surface area contributed by atoms with Gasteiger partial charge in [-0.05, 0) is 54.4 Å². The molecule has 0 spiro atoms. The summed E-state index contributed by atoms with van der Waals surface area (Å²) in [4.78, 5) is 25.8. The standard InChI is InChI=1S/C20H17FN2O2S/c1-12-15(19(24)22-2)4-3-5-16(12)23-20(25)18-11-10-17(26-18)13-6-8-14(21)9-7-13/h3-11H,1-2H3,(H,22,24)(H,23,25). The number of halogens is 1. The molecular weight excluding hydrogens is 351 g/mol. The van der Waals surface area contributed by atoms with Crippen LogP contribution in [0.4, 0.5) is 10.1 Å². The monoisotopic (exact) mass is 368 g/mol. The molecule has 3 aromatic rings. The van der Waals surface area contributed by atoms with Crippen molar-refractivity contribution in [3.63, 3.8) is 0 Å². The van der Waals surface area contributed by atoms with Gasteiger partial charge in [0.1, 0.15) is 5.82 Å². The summed E-state index contributed by atoms with van der Waals surface area (Å²) in [5.74, 6) is -0.747. The third-order valence-corrected chi connectivity index (χ3v) is 5.15. The van der Waals surface area contributed by atoms with E-state index in [1.54, 1.807) is 50.4 Å². The van der Waals surface area contributed by atoms with Gasteiger partial charge in [0.2, 0.25) is 0 Å². The van der Waals surface area contributed by atoms with Crippen molar-refractivity contribution in [2.24, 2.45) is 0 Å². The van der Waals surface area contributed by atoms with Crippen LogP contribution in [0.3, 0.4) is 0 Å². The summed E-state index contributed by atoms with van der Waals surface area (Å²) in [7, 11) is 1.57. The Morgan fingerprint density at radius 3 is 2.38 bits per heavy atom. The fraction of sp³-hybridized carbons (Fsp3) is 0.100. The van der Waals surface area contributed by atoms with Crippen LogP contribution >= 0.6 is 11.3 Å². The van der Waals surface area contributed by atoms with Crippen LogP contribution in [0, 0.1) is 12.7 Å². The van der Waals surface area contributed by atoms with Crippen molar-refractivity contribution in [2.75, 3.05) is 12.4 Å². The molecule has 26 heavy (non-hydrogen) atoms. The van der Waals surface area contributed by atoms with Gasteiger partial charge in [-0.2, -0.15) is 0 Å². The molecule has 0 unspecified atom stereocenters. The molecule has 0 aliphatic rings. The van der Waals surface area contributed by atoms with Crippen LogP contribution in [0.2, 0.25) is 0 Å². The minimum atomic E-state index is -0.297. The van der Waals surface area contributed by atoms with Gasteiger partial charge in [0.15, 0.2) is 0 Å². The first-order chi connectivity index (χ1) is 12.5. The van der Waals surface area contributed by atoms with Crippen LogP contribution in [0.5, 0.6) is 0 Å². The number of hydrogen-bond acceptors (Lipinski definition) is 3. The van der Waals surface area contributed by atoms with E-state index >= 15 is 0 Å². The van der Waals surface area contributed by atoms with Crippen molar-refractivity contribution in [3.05, 3.63) is 76.4 Å². The molecule has 4 nitrogen and oxygen atoms in total. The summed E-state index contributed by atoms with van der Waals surface area (Å²) in [6, 6.07) is 14.9.